The Morgan fingerprint density at radius 1 is 0.875 bits per heavy atom. The highest BCUT2D eigenvalue weighted by Crippen LogP contribution is 2.31. The van der Waals surface area contributed by atoms with Gasteiger partial charge in [0.25, 0.3) is 0 Å². The van der Waals surface area contributed by atoms with Gasteiger partial charge in [-0.05, 0) is 52.2 Å². The van der Waals surface area contributed by atoms with Crippen molar-refractivity contribution in [2.75, 3.05) is 33.2 Å². The van der Waals surface area contributed by atoms with Gasteiger partial charge in [-0.3, -0.25) is 4.90 Å². The van der Waals surface area contributed by atoms with Gasteiger partial charge in [-0.2, -0.15) is 0 Å². The van der Waals surface area contributed by atoms with Gasteiger partial charge in [-0.1, -0.05) is 20.8 Å². The van der Waals surface area contributed by atoms with E-state index < -0.39 is 0 Å². The second kappa shape index (κ2) is 5.05. The van der Waals surface area contributed by atoms with Gasteiger partial charge >= 0.3 is 0 Å². The normalized spacial score (nSPS) is 22.1. The van der Waals surface area contributed by atoms with Crippen LogP contribution in [0.3, 0.4) is 0 Å². The summed E-state index contributed by atoms with van der Waals surface area (Å²) in [6.45, 7) is 16.8. The number of rotatable bonds is 2. The second-order valence-corrected chi connectivity index (χ2v) is 7.19. The van der Waals surface area contributed by atoms with Crippen molar-refractivity contribution in [2.45, 2.75) is 53.0 Å². The predicted octanol–water partition coefficient (Wildman–Crippen LogP) is 2.84. The molecular weight excluding hydrogens is 196 g/mol. The van der Waals surface area contributed by atoms with Crippen molar-refractivity contribution >= 4 is 0 Å². The SMILES string of the molecule is CN1CCCN(C(C)(C)CC(C)(C)C)CC1. The van der Waals surface area contributed by atoms with Crippen molar-refractivity contribution in [3.63, 3.8) is 0 Å². The standard InChI is InChI=1S/C14H30N2/c1-13(2,3)12-14(4,5)16-9-7-8-15(6)10-11-16/h7-12H2,1-6H3. The molecule has 0 saturated carbocycles. The highest BCUT2D eigenvalue weighted by Gasteiger charge is 2.31. The highest BCUT2D eigenvalue weighted by atomic mass is 15.2. The van der Waals surface area contributed by atoms with Crippen LogP contribution in [-0.2, 0) is 0 Å². The van der Waals surface area contributed by atoms with Crippen LogP contribution in [0.25, 0.3) is 0 Å². The van der Waals surface area contributed by atoms with Crippen LogP contribution in [0.15, 0.2) is 0 Å². The van der Waals surface area contributed by atoms with Crippen molar-refractivity contribution in [3.05, 3.63) is 0 Å². The molecule has 0 aromatic heterocycles. The summed E-state index contributed by atoms with van der Waals surface area (Å²) in [7, 11) is 2.24. The van der Waals surface area contributed by atoms with Crippen LogP contribution in [0.2, 0.25) is 0 Å². The van der Waals surface area contributed by atoms with E-state index >= 15 is 0 Å². The molecule has 1 aliphatic heterocycles. The summed E-state index contributed by atoms with van der Waals surface area (Å²) in [5.74, 6) is 0. The van der Waals surface area contributed by atoms with Gasteiger partial charge in [-0.15, -0.1) is 0 Å². The Hall–Kier alpha value is -0.0800. The first kappa shape index (κ1) is 14.0. The molecule has 0 spiro atoms. The maximum Gasteiger partial charge on any atom is 0.0158 e. The first-order valence-corrected chi connectivity index (χ1v) is 6.64. The van der Waals surface area contributed by atoms with Gasteiger partial charge in [0.05, 0.1) is 0 Å². The summed E-state index contributed by atoms with van der Waals surface area (Å²) >= 11 is 0. The lowest BCUT2D eigenvalue weighted by Crippen LogP contribution is -2.47. The van der Waals surface area contributed by atoms with Crippen LogP contribution in [0, 0.1) is 5.41 Å². The van der Waals surface area contributed by atoms with E-state index in [0.717, 1.165) is 0 Å². The molecule has 1 saturated heterocycles. The maximum atomic E-state index is 2.68. The minimum Gasteiger partial charge on any atom is -0.305 e. The molecule has 1 fully saturated rings. The van der Waals surface area contributed by atoms with Gasteiger partial charge in [0.2, 0.25) is 0 Å². The second-order valence-electron chi connectivity index (χ2n) is 7.19. The summed E-state index contributed by atoms with van der Waals surface area (Å²) < 4.78 is 0. The molecule has 96 valence electrons. The smallest absolute Gasteiger partial charge is 0.0158 e. The zero-order valence-electron chi connectivity index (χ0n) is 12.1. The molecule has 0 radical (unpaired) electrons. The molecule has 16 heavy (non-hydrogen) atoms. The molecule has 2 heteroatoms. The Morgan fingerprint density at radius 2 is 1.50 bits per heavy atom. The fraction of sp³-hybridized carbons (Fsp3) is 1.00. The zero-order valence-corrected chi connectivity index (χ0v) is 12.1. The lowest BCUT2D eigenvalue weighted by atomic mass is 9.80. The first-order valence-electron chi connectivity index (χ1n) is 6.64. The van der Waals surface area contributed by atoms with Crippen LogP contribution >= 0.6 is 0 Å². The van der Waals surface area contributed by atoms with Gasteiger partial charge in [0, 0.05) is 18.6 Å². The minimum absolute atomic E-state index is 0.337. The summed E-state index contributed by atoms with van der Waals surface area (Å²) in [4.78, 5) is 5.13. The van der Waals surface area contributed by atoms with E-state index in [9.17, 15) is 0 Å². The quantitative estimate of drug-likeness (QED) is 0.714. The Morgan fingerprint density at radius 3 is 2.06 bits per heavy atom. The summed E-state index contributed by atoms with van der Waals surface area (Å²) in [6, 6.07) is 0. The maximum absolute atomic E-state index is 2.68. The minimum atomic E-state index is 0.337. The van der Waals surface area contributed by atoms with E-state index in [1.54, 1.807) is 0 Å². The van der Waals surface area contributed by atoms with Crippen molar-refractivity contribution in [2.24, 2.45) is 5.41 Å². The molecule has 0 amide bonds. The third-order valence-corrected chi connectivity index (χ3v) is 3.54. The van der Waals surface area contributed by atoms with Crippen molar-refractivity contribution in [3.8, 4) is 0 Å². The molecule has 0 aromatic carbocycles. The Labute approximate surface area is 102 Å². The lowest BCUT2D eigenvalue weighted by Gasteiger charge is -2.42. The Balaban J connectivity index is 2.60. The van der Waals surface area contributed by atoms with Crippen molar-refractivity contribution in [1.82, 2.24) is 9.80 Å². The first-order chi connectivity index (χ1) is 7.21. The summed E-state index contributed by atoms with van der Waals surface area (Å²) in [6.07, 6.45) is 2.58. The Kier molecular flexibility index (Phi) is 4.42. The van der Waals surface area contributed by atoms with Crippen LogP contribution in [0.1, 0.15) is 47.5 Å². The summed E-state index contributed by atoms with van der Waals surface area (Å²) in [5, 5.41) is 0. The van der Waals surface area contributed by atoms with Crippen LogP contribution < -0.4 is 0 Å². The molecule has 2 nitrogen and oxygen atoms in total. The lowest BCUT2D eigenvalue weighted by molar-refractivity contribution is 0.0813. The largest absolute Gasteiger partial charge is 0.305 e. The summed E-state index contributed by atoms with van der Waals surface area (Å²) in [5.41, 5.74) is 0.755. The average Bonchev–Trinajstić information content (AvgIpc) is 2.25. The molecule has 0 bridgehead atoms. The zero-order chi connectivity index (χ0) is 12.4. The van der Waals surface area contributed by atoms with Crippen LogP contribution in [0.4, 0.5) is 0 Å². The molecule has 1 heterocycles. The van der Waals surface area contributed by atoms with E-state index in [-0.39, 0.29) is 0 Å². The van der Waals surface area contributed by atoms with E-state index in [0.29, 0.717) is 11.0 Å². The number of likely N-dealkylation sites (N-methyl/N-ethyl adjacent to an activating group) is 1. The number of hydrogen-bond acceptors (Lipinski definition) is 2. The van der Waals surface area contributed by atoms with Gasteiger partial charge in [-0.25, -0.2) is 0 Å². The van der Waals surface area contributed by atoms with E-state index in [2.05, 4.69) is 51.5 Å². The van der Waals surface area contributed by atoms with Gasteiger partial charge < -0.3 is 4.90 Å². The van der Waals surface area contributed by atoms with Crippen molar-refractivity contribution < 1.29 is 0 Å². The van der Waals surface area contributed by atoms with Crippen LogP contribution in [0.5, 0.6) is 0 Å². The topological polar surface area (TPSA) is 6.48 Å². The van der Waals surface area contributed by atoms with Crippen molar-refractivity contribution in [1.29, 1.82) is 0 Å². The fourth-order valence-electron chi connectivity index (χ4n) is 3.06. The Bertz CT molecular complexity index is 215. The molecular formula is C14H30N2. The average molecular weight is 226 g/mol. The van der Waals surface area contributed by atoms with Crippen LogP contribution in [-0.4, -0.2) is 48.6 Å². The number of hydrogen-bond donors (Lipinski definition) is 0. The highest BCUT2D eigenvalue weighted by molar-refractivity contribution is 4.87. The number of nitrogens with zero attached hydrogens (tertiary/aromatic N) is 2. The third kappa shape index (κ3) is 4.42. The monoisotopic (exact) mass is 226 g/mol. The van der Waals surface area contributed by atoms with Gasteiger partial charge in [0.15, 0.2) is 0 Å². The predicted molar refractivity (Wildman–Crippen MR) is 71.8 cm³/mol. The van der Waals surface area contributed by atoms with E-state index in [1.807, 2.05) is 0 Å². The molecule has 0 N–H and O–H groups in total. The third-order valence-electron chi connectivity index (χ3n) is 3.54. The molecule has 0 aliphatic carbocycles. The molecule has 1 rings (SSSR count). The van der Waals surface area contributed by atoms with E-state index in [4.69, 9.17) is 0 Å². The molecule has 0 atom stereocenters. The fourth-order valence-corrected chi connectivity index (χ4v) is 3.06. The van der Waals surface area contributed by atoms with Gasteiger partial charge in [0.1, 0.15) is 0 Å². The molecule has 0 unspecified atom stereocenters. The molecule has 0 aromatic rings. The molecule has 1 aliphatic rings. The van der Waals surface area contributed by atoms with E-state index in [1.165, 1.54) is 39.0 Å².